The lowest BCUT2D eigenvalue weighted by molar-refractivity contribution is 0.0698. The molecule has 0 unspecified atom stereocenters. The Kier molecular flexibility index (Phi) is 5.71. The molecule has 10 heteroatoms. The first-order valence-corrected chi connectivity index (χ1v) is 10.1. The van der Waals surface area contributed by atoms with Gasteiger partial charge in [-0.15, -0.1) is 0 Å². The van der Waals surface area contributed by atoms with E-state index in [4.69, 9.17) is 23.2 Å². The second-order valence-electron chi connectivity index (χ2n) is 5.90. The number of halogens is 4. The molecule has 0 N–H and O–H groups in total. The number of carbonyl (C=O) groups excluding carboxylic acids is 1. The molecule has 144 valence electrons. The smallest absolute Gasteiger partial charge is 0.255 e. The maximum Gasteiger partial charge on any atom is 0.255 e. The Morgan fingerprint density at radius 3 is 2.19 bits per heavy atom. The van der Waals surface area contributed by atoms with Crippen molar-refractivity contribution in [3.8, 4) is 0 Å². The maximum atomic E-state index is 13.4. The molecule has 2 aromatic rings. The van der Waals surface area contributed by atoms with Crippen molar-refractivity contribution in [1.82, 2.24) is 9.21 Å². The first-order chi connectivity index (χ1) is 12.7. The first kappa shape index (κ1) is 20.0. The van der Waals surface area contributed by atoms with Gasteiger partial charge in [-0.2, -0.15) is 4.31 Å². The highest BCUT2D eigenvalue weighted by atomic mass is 35.5. The molecule has 2 aromatic carbocycles. The van der Waals surface area contributed by atoms with E-state index in [1.165, 1.54) is 17.0 Å². The Labute approximate surface area is 165 Å². The highest BCUT2D eigenvalue weighted by molar-refractivity contribution is 7.89. The van der Waals surface area contributed by atoms with E-state index in [1.807, 2.05) is 0 Å². The highest BCUT2D eigenvalue weighted by Crippen LogP contribution is 2.24. The molecule has 1 amide bonds. The van der Waals surface area contributed by atoms with Gasteiger partial charge in [-0.3, -0.25) is 4.79 Å². The van der Waals surface area contributed by atoms with E-state index >= 15 is 0 Å². The van der Waals surface area contributed by atoms with Gasteiger partial charge >= 0.3 is 0 Å². The lowest BCUT2D eigenvalue weighted by atomic mass is 10.2. The number of rotatable bonds is 3. The van der Waals surface area contributed by atoms with Crippen molar-refractivity contribution in [3.05, 3.63) is 63.6 Å². The van der Waals surface area contributed by atoms with E-state index in [0.717, 1.165) is 16.4 Å². The van der Waals surface area contributed by atoms with Gasteiger partial charge in [0.15, 0.2) is 11.6 Å². The molecule has 27 heavy (non-hydrogen) atoms. The maximum absolute atomic E-state index is 13.4. The topological polar surface area (TPSA) is 57.7 Å². The number of carbonyl (C=O) groups is 1. The lowest BCUT2D eigenvalue weighted by Gasteiger charge is -2.34. The average molecular weight is 435 g/mol. The SMILES string of the molecule is O=C(c1ccc(Cl)cc1Cl)N1CCN(S(=O)(=O)c2ccc(F)c(F)c2)CC1. The van der Waals surface area contributed by atoms with E-state index in [0.29, 0.717) is 11.1 Å². The Bertz CT molecular complexity index is 994. The summed E-state index contributed by atoms with van der Waals surface area (Å²) in [5, 5.41) is 0.614. The number of benzene rings is 2. The van der Waals surface area contributed by atoms with Crippen LogP contribution in [-0.4, -0.2) is 49.7 Å². The number of hydrogen-bond donors (Lipinski definition) is 0. The van der Waals surface area contributed by atoms with Crippen LogP contribution in [-0.2, 0) is 10.0 Å². The molecule has 0 aliphatic carbocycles. The third kappa shape index (κ3) is 4.08. The van der Waals surface area contributed by atoms with Crippen LogP contribution in [0.1, 0.15) is 10.4 Å². The predicted octanol–water partition coefficient (Wildman–Crippen LogP) is 3.42. The van der Waals surface area contributed by atoms with Gasteiger partial charge < -0.3 is 4.90 Å². The molecule has 1 heterocycles. The van der Waals surface area contributed by atoms with Crippen molar-refractivity contribution in [3.63, 3.8) is 0 Å². The fraction of sp³-hybridized carbons (Fsp3) is 0.235. The first-order valence-electron chi connectivity index (χ1n) is 7.89. The molecule has 0 aromatic heterocycles. The summed E-state index contributed by atoms with van der Waals surface area (Å²) in [4.78, 5) is 13.7. The van der Waals surface area contributed by atoms with Crippen LogP contribution >= 0.6 is 23.2 Å². The summed E-state index contributed by atoms with van der Waals surface area (Å²) in [5.41, 5.74) is 0.276. The summed E-state index contributed by atoms with van der Waals surface area (Å²) < 4.78 is 52.7. The Morgan fingerprint density at radius 2 is 1.59 bits per heavy atom. The molecule has 0 bridgehead atoms. The largest absolute Gasteiger partial charge is 0.336 e. The van der Waals surface area contributed by atoms with Gasteiger partial charge in [0, 0.05) is 31.2 Å². The van der Waals surface area contributed by atoms with Gasteiger partial charge in [0.1, 0.15) is 0 Å². The van der Waals surface area contributed by atoms with Crippen LogP contribution in [0.15, 0.2) is 41.3 Å². The summed E-state index contributed by atoms with van der Waals surface area (Å²) in [7, 11) is -3.98. The van der Waals surface area contributed by atoms with E-state index in [-0.39, 0.29) is 47.6 Å². The van der Waals surface area contributed by atoms with E-state index in [2.05, 4.69) is 0 Å². The quantitative estimate of drug-likeness (QED) is 0.743. The fourth-order valence-electron chi connectivity index (χ4n) is 2.75. The van der Waals surface area contributed by atoms with Crippen molar-refractivity contribution in [2.45, 2.75) is 4.90 Å². The van der Waals surface area contributed by atoms with E-state index < -0.39 is 21.7 Å². The molecule has 1 aliphatic rings. The Balaban J connectivity index is 1.72. The van der Waals surface area contributed by atoms with Crippen molar-refractivity contribution in [2.24, 2.45) is 0 Å². The molecule has 3 rings (SSSR count). The third-order valence-electron chi connectivity index (χ3n) is 4.22. The van der Waals surface area contributed by atoms with Crippen LogP contribution in [0.5, 0.6) is 0 Å². The number of sulfonamides is 1. The molecule has 1 aliphatic heterocycles. The second-order valence-corrected chi connectivity index (χ2v) is 8.68. The van der Waals surface area contributed by atoms with Gasteiger partial charge in [-0.05, 0) is 36.4 Å². The third-order valence-corrected chi connectivity index (χ3v) is 6.66. The molecule has 1 fully saturated rings. The summed E-state index contributed by atoms with van der Waals surface area (Å²) in [5.74, 6) is -2.69. The number of nitrogens with zero attached hydrogens (tertiary/aromatic N) is 2. The molecular weight excluding hydrogens is 421 g/mol. The van der Waals surface area contributed by atoms with Crippen LogP contribution in [0, 0.1) is 11.6 Å². The molecular formula is C17H14Cl2F2N2O3S. The van der Waals surface area contributed by atoms with Crippen molar-refractivity contribution < 1.29 is 22.0 Å². The van der Waals surface area contributed by atoms with Gasteiger partial charge in [0.05, 0.1) is 15.5 Å². The van der Waals surface area contributed by atoms with Crippen LogP contribution in [0.3, 0.4) is 0 Å². The van der Waals surface area contributed by atoms with Crippen LogP contribution in [0.2, 0.25) is 10.0 Å². The predicted molar refractivity (Wildman–Crippen MR) is 97.5 cm³/mol. The molecule has 0 spiro atoms. The highest BCUT2D eigenvalue weighted by Gasteiger charge is 2.31. The Hall–Kier alpha value is -1.74. The van der Waals surface area contributed by atoms with Crippen molar-refractivity contribution in [1.29, 1.82) is 0 Å². The van der Waals surface area contributed by atoms with Crippen molar-refractivity contribution >= 4 is 39.1 Å². The zero-order valence-electron chi connectivity index (χ0n) is 13.8. The number of amides is 1. The zero-order chi connectivity index (χ0) is 19.8. The second kappa shape index (κ2) is 7.71. The molecule has 0 saturated carbocycles. The van der Waals surface area contributed by atoms with Gasteiger partial charge in [-0.25, -0.2) is 17.2 Å². The van der Waals surface area contributed by atoms with E-state index in [9.17, 15) is 22.0 Å². The molecule has 0 atom stereocenters. The summed E-state index contributed by atoms with van der Waals surface area (Å²) in [6.45, 7) is 0.331. The van der Waals surface area contributed by atoms with E-state index in [1.54, 1.807) is 6.07 Å². The minimum atomic E-state index is -3.98. The summed E-state index contributed by atoms with van der Waals surface area (Å²) in [6.07, 6.45) is 0. The summed E-state index contributed by atoms with van der Waals surface area (Å²) >= 11 is 11.9. The monoisotopic (exact) mass is 434 g/mol. The normalized spacial score (nSPS) is 15.8. The minimum absolute atomic E-state index is 0.0261. The molecule has 0 radical (unpaired) electrons. The lowest BCUT2D eigenvalue weighted by Crippen LogP contribution is -2.50. The summed E-state index contributed by atoms with van der Waals surface area (Å²) in [6, 6.07) is 6.95. The molecule has 5 nitrogen and oxygen atoms in total. The zero-order valence-corrected chi connectivity index (χ0v) is 16.2. The number of piperazine rings is 1. The van der Waals surface area contributed by atoms with Gasteiger partial charge in [0.25, 0.3) is 5.91 Å². The minimum Gasteiger partial charge on any atom is -0.336 e. The fourth-order valence-corrected chi connectivity index (χ4v) is 4.68. The van der Waals surface area contributed by atoms with Crippen molar-refractivity contribution in [2.75, 3.05) is 26.2 Å². The van der Waals surface area contributed by atoms with Crippen LogP contribution in [0.4, 0.5) is 8.78 Å². The average Bonchev–Trinajstić information content (AvgIpc) is 2.63. The van der Waals surface area contributed by atoms with Crippen LogP contribution in [0.25, 0.3) is 0 Å². The Morgan fingerprint density at radius 1 is 0.926 bits per heavy atom. The molecule has 1 saturated heterocycles. The standard InChI is InChI=1S/C17H14Cl2F2N2O3S/c18-11-1-3-13(14(19)9-11)17(24)22-5-7-23(8-6-22)27(25,26)12-2-4-15(20)16(21)10-12/h1-4,9-10H,5-8H2. The van der Waals surface area contributed by atoms with Gasteiger partial charge in [0.2, 0.25) is 10.0 Å². The van der Waals surface area contributed by atoms with Gasteiger partial charge in [-0.1, -0.05) is 23.2 Å². The number of hydrogen-bond acceptors (Lipinski definition) is 3. The van der Waals surface area contributed by atoms with Crippen LogP contribution < -0.4 is 0 Å².